The van der Waals surface area contributed by atoms with Crippen molar-refractivity contribution in [3.05, 3.63) is 29.6 Å². The number of hydrogen-bond donors (Lipinski definition) is 1. The van der Waals surface area contributed by atoms with E-state index in [9.17, 15) is 4.79 Å². The Balaban J connectivity index is 2.04. The molecule has 1 aromatic rings. The summed E-state index contributed by atoms with van der Waals surface area (Å²) in [5, 5.41) is 8.72. The summed E-state index contributed by atoms with van der Waals surface area (Å²) in [6, 6.07) is 3.65. The zero-order valence-electron chi connectivity index (χ0n) is 12.6. The van der Waals surface area contributed by atoms with Gasteiger partial charge in [-0.05, 0) is 51.8 Å². The summed E-state index contributed by atoms with van der Waals surface area (Å²) in [5.74, 6) is -0.434. The van der Waals surface area contributed by atoms with Crippen LogP contribution >= 0.6 is 0 Å². The van der Waals surface area contributed by atoms with Crippen LogP contribution < -0.4 is 4.74 Å². The van der Waals surface area contributed by atoms with Gasteiger partial charge in [-0.1, -0.05) is 0 Å². The standard InChI is InChI=1S/C16H21NO4/c1-11-4-6-14(13(17-11)5-7-15(18)19)20-10-12-8-9-16(2,3)21-12/h4-7,12H,8-10H2,1-3H3,(H,18,19)/b7-5+. The molecule has 2 heterocycles. The normalized spacial score (nSPS) is 20.8. The van der Waals surface area contributed by atoms with Gasteiger partial charge in [-0.15, -0.1) is 0 Å². The largest absolute Gasteiger partial charge is 0.489 e. The molecule has 0 saturated carbocycles. The summed E-state index contributed by atoms with van der Waals surface area (Å²) in [4.78, 5) is 14.9. The summed E-state index contributed by atoms with van der Waals surface area (Å²) in [6.45, 7) is 6.44. The van der Waals surface area contributed by atoms with E-state index in [0.29, 0.717) is 18.1 Å². The Morgan fingerprint density at radius 1 is 1.57 bits per heavy atom. The number of carboxylic acids is 1. The second-order valence-electron chi connectivity index (χ2n) is 5.86. The van der Waals surface area contributed by atoms with Crippen LogP contribution in [0.5, 0.6) is 5.75 Å². The molecule has 1 aromatic heterocycles. The second kappa shape index (κ2) is 6.26. The van der Waals surface area contributed by atoms with E-state index in [1.54, 1.807) is 0 Å². The number of pyridine rings is 1. The maximum Gasteiger partial charge on any atom is 0.328 e. The van der Waals surface area contributed by atoms with Gasteiger partial charge in [-0.2, -0.15) is 0 Å². The quantitative estimate of drug-likeness (QED) is 0.845. The maximum absolute atomic E-state index is 10.6. The van der Waals surface area contributed by atoms with Crippen molar-refractivity contribution in [2.24, 2.45) is 0 Å². The molecule has 5 heteroatoms. The lowest BCUT2D eigenvalue weighted by molar-refractivity contribution is -0.131. The molecule has 0 aliphatic carbocycles. The first-order valence-corrected chi connectivity index (χ1v) is 7.05. The van der Waals surface area contributed by atoms with E-state index in [4.69, 9.17) is 14.6 Å². The Hall–Kier alpha value is -1.88. The zero-order valence-corrected chi connectivity index (χ0v) is 12.6. The van der Waals surface area contributed by atoms with E-state index in [-0.39, 0.29) is 11.7 Å². The van der Waals surface area contributed by atoms with Crippen LogP contribution in [-0.2, 0) is 9.53 Å². The fraction of sp³-hybridized carbons (Fsp3) is 0.500. The van der Waals surface area contributed by atoms with Crippen LogP contribution in [0.3, 0.4) is 0 Å². The van der Waals surface area contributed by atoms with Crippen molar-refractivity contribution in [2.45, 2.75) is 45.3 Å². The van der Waals surface area contributed by atoms with Crippen molar-refractivity contribution >= 4 is 12.0 Å². The average Bonchev–Trinajstić information content (AvgIpc) is 2.75. The Morgan fingerprint density at radius 3 is 2.95 bits per heavy atom. The Labute approximate surface area is 124 Å². The van der Waals surface area contributed by atoms with Crippen LogP contribution in [0.15, 0.2) is 18.2 Å². The van der Waals surface area contributed by atoms with Crippen LogP contribution in [0.1, 0.15) is 38.1 Å². The van der Waals surface area contributed by atoms with Gasteiger partial charge in [0, 0.05) is 11.8 Å². The van der Waals surface area contributed by atoms with E-state index < -0.39 is 5.97 Å². The van der Waals surface area contributed by atoms with Crippen molar-refractivity contribution in [2.75, 3.05) is 6.61 Å². The highest BCUT2D eigenvalue weighted by Gasteiger charge is 2.32. The lowest BCUT2D eigenvalue weighted by Gasteiger charge is -2.19. The van der Waals surface area contributed by atoms with Crippen molar-refractivity contribution in [3.8, 4) is 5.75 Å². The molecule has 1 aliphatic heterocycles. The predicted molar refractivity (Wildman–Crippen MR) is 79.3 cm³/mol. The number of ether oxygens (including phenoxy) is 2. The minimum atomic E-state index is -1.01. The number of rotatable bonds is 5. The molecule has 21 heavy (non-hydrogen) atoms. The SMILES string of the molecule is Cc1ccc(OCC2CCC(C)(C)O2)c(/C=C/C(=O)O)n1. The number of nitrogens with zero attached hydrogens (tertiary/aromatic N) is 1. The molecule has 1 saturated heterocycles. The Kier molecular flexibility index (Phi) is 4.63. The summed E-state index contributed by atoms with van der Waals surface area (Å²) in [5.41, 5.74) is 1.24. The highest BCUT2D eigenvalue weighted by molar-refractivity contribution is 5.85. The van der Waals surface area contributed by atoms with Gasteiger partial charge in [0.25, 0.3) is 0 Å². The molecule has 0 radical (unpaired) electrons. The van der Waals surface area contributed by atoms with Crippen molar-refractivity contribution < 1.29 is 19.4 Å². The van der Waals surface area contributed by atoms with E-state index in [2.05, 4.69) is 18.8 Å². The van der Waals surface area contributed by atoms with Gasteiger partial charge in [0.2, 0.25) is 0 Å². The number of carboxylic acid groups (broad SMARTS) is 1. The van der Waals surface area contributed by atoms with E-state index in [1.807, 2.05) is 19.1 Å². The third-order valence-electron chi connectivity index (χ3n) is 3.39. The number of aryl methyl sites for hydroxylation is 1. The molecular weight excluding hydrogens is 270 g/mol. The molecule has 0 aromatic carbocycles. The van der Waals surface area contributed by atoms with Crippen molar-refractivity contribution in [1.29, 1.82) is 0 Å². The first-order valence-electron chi connectivity index (χ1n) is 7.05. The first kappa shape index (κ1) is 15.5. The van der Waals surface area contributed by atoms with Gasteiger partial charge >= 0.3 is 5.97 Å². The van der Waals surface area contributed by atoms with Crippen molar-refractivity contribution in [3.63, 3.8) is 0 Å². The van der Waals surface area contributed by atoms with Crippen LogP contribution in [0, 0.1) is 6.92 Å². The number of carbonyl (C=O) groups is 1. The molecule has 2 rings (SSSR count). The van der Waals surface area contributed by atoms with Gasteiger partial charge in [-0.3, -0.25) is 0 Å². The molecule has 5 nitrogen and oxygen atoms in total. The van der Waals surface area contributed by atoms with Gasteiger partial charge < -0.3 is 14.6 Å². The van der Waals surface area contributed by atoms with Gasteiger partial charge in [0.05, 0.1) is 11.7 Å². The lowest BCUT2D eigenvalue weighted by atomic mass is 10.1. The lowest BCUT2D eigenvalue weighted by Crippen LogP contribution is -2.24. The molecular formula is C16H21NO4. The van der Waals surface area contributed by atoms with Crippen LogP contribution in [0.2, 0.25) is 0 Å². The number of hydrogen-bond acceptors (Lipinski definition) is 4. The minimum Gasteiger partial charge on any atom is -0.489 e. The van der Waals surface area contributed by atoms with Gasteiger partial charge in [0.1, 0.15) is 18.1 Å². The van der Waals surface area contributed by atoms with E-state index in [0.717, 1.165) is 24.6 Å². The maximum atomic E-state index is 10.6. The first-order chi connectivity index (χ1) is 9.85. The Bertz CT molecular complexity index is 551. The van der Waals surface area contributed by atoms with Gasteiger partial charge in [-0.25, -0.2) is 9.78 Å². The van der Waals surface area contributed by atoms with Crippen LogP contribution in [0.25, 0.3) is 6.08 Å². The number of aromatic nitrogens is 1. The highest BCUT2D eigenvalue weighted by Crippen LogP contribution is 2.30. The molecule has 114 valence electrons. The third-order valence-corrected chi connectivity index (χ3v) is 3.39. The summed E-state index contributed by atoms with van der Waals surface area (Å²) in [6.07, 6.45) is 4.55. The number of aliphatic carboxylic acids is 1. The molecule has 0 spiro atoms. The molecule has 1 N–H and O–H groups in total. The molecule has 1 unspecified atom stereocenters. The summed E-state index contributed by atoms with van der Waals surface area (Å²) >= 11 is 0. The predicted octanol–water partition coefficient (Wildman–Crippen LogP) is 2.82. The minimum absolute atomic E-state index is 0.0672. The zero-order chi connectivity index (χ0) is 15.5. The molecule has 1 atom stereocenters. The molecule has 0 amide bonds. The molecule has 0 bridgehead atoms. The summed E-state index contributed by atoms with van der Waals surface area (Å²) in [7, 11) is 0. The van der Waals surface area contributed by atoms with Crippen LogP contribution in [-0.4, -0.2) is 34.4 Å². The van der Waals surface area contributed by atoms with E-state index >= 15 is 0 Å². The molecule has 1 aliphatic rings. The Morgan fingerprint density at radius 2 is 2.33 bits per heavy atom. The van der Waals surface area contributed by atoms with Gasteiger partial charge in [0.15, 0.2) is 0 Å². The highest BCUT2D eigenvalue weighted by atomic mass is 16.6. The molecule has 1 fully saturated rings. The second-order valence-corrected chi connectivity index (χ2v) is 5.86. The monoisotopic (exact) mass is 291 g/mol. The average molecular weight is 291 g/mol. The smallest absolute Gasteiger partial charge is 0.328 e. The fourth-order valence-electron chi connectivity index (χ4n) is 2.33. The topological polar surface area (TPSA) is 68.7 Å². The van der Waals surface area contributed by atoms with E-state index in [1.165, 1.54) is 6.08 Å². The third kappa shape index (κ3) is 4.56. The fourth-order valence-corrected chi connectivity index (χ4v) is 2.33. The summed E-state index contributed by atoms with van der Waals surface area (Å²) < 4.78 is 11.6. The van der Waals surface area contributed by atoms with Crippen molar-refractivity contribution in [1.82, 2.24) is 4.98 Å². The van der Waals surface area contributed by atoms with Crippen LogP contribution in [0.4, 0.5) is 0 Å².